The molecule has 3 aromatic rings. The Morgan fingerprint density at radius 2 is 2.15 bits per heavy atom. The number of aromatic nitrogens is 2. The Bertz CT molecular complexity index is 1380. The van der Waals surface area contributed by atoms with Gasteiger partial charge in [0.1, 0.15) is 5.75 Å². The van der Waals surface area contributed by atoms with E-state index in [0.29, 0.717) is 12.6 Å². The van der Waals surface area contributed by atoms with E-state index in [1.54, 1.807) is 6.20 Å². The van der Waals surface area contributed by atoms with Crippen LogP contribution in [0.15, 0.2) is 79.5 Å². The second-order valence-electron chi connectivity index (χ2n) is 10.6. The number of nitrogens with zero attached hydrogens (tertiary/aromatic N) is 4. The van der Waals surface area contributed by atoms with Crippen molar-refractivity contribution in [3.8, 4) is 17.0 Å². The van der Waals surface area contributed by atoms with Crippen molar-refractivity contribution in [1.82, 2.24) is 25.1 Å². The smallest absolute Gasteiger partial charge is 0.243 e. The predicted octanol–water partition coefficient (Wildman–Crippen LogP) is 4.45. The van der Waals surface area contributed by atoms with E-state index in [0.717, 1.165) is 80.5 Å². The number of anilines is 3. The summed E-state index contributed by atoms with van der Waals surface area (Å²) in [5, 5.41) is 10.0. The summed E-state index contributed by atoms with van der Waals surface area (Å²) >= 11 is 0. The lowest BCUT2D eigenvalue weighted by atomic mass is 10.1. The van der Waals surface area contributed by atoms with Crippen molar-refractivity contribution in [1.29, 1.82) is 0 Å². The number of nitrogens with one attached hydrogen (secondary N) is 3. The monoisotopic (exact) mass is 553 g/mol. The molecule has 1 unspecified atom stereocenters. The third-order valence-electron chi connectivity index (χ3n) is 7.19. The highest BCUT2D eigenvalue weighted by atomic mass is 16.5. The number of benzene rings is 2. The van der Waals surface area contributed by atoms with E-state index in [1.165, 1.54) is 11.6 Å². The van der Waals surface area contributed by atoms with Gasteiger partial charge in [-0.3, -0.25) is 14.6 Å². The van der Waals surface area contributed by atoms with Gasteiger partial charge in [-0.25, -0.2) is 9.97 Å². The van der Waals surface area contributed by atoms with Crippen LogP contribution in [0.4, 0.5) is 17.3 Å². The van der Waals surface area contributed by atoms with Crippen LogP contribution in [0, 0.1) is 0 Å². The lowest BCUT2D eigenvalue weighted by Crippen LogP contribution is -2.36. The van der Waals surface area contributed by atoms with E-state index < -0.39 is 0 Å². The fourth-order valence-electron chi connectivity index (χ4n) is 5.18. The van der Waals surface area contributed by atoms with Crippen LogP contribution in [-0.4, -0.2) is 78.1 Å². The summed E-state index contributed by atoms with van der Waals surface area (Å²) in [6.45, 7) is 9.34. The van der Waals surface area contributed by atoms with Crippen LogP contribution >= 0.6 is 0 Å². The molecule has 0 radical (unpaired) electrons. The zero-order valence-electron chi connectivity index (χ0n) is 23.7. The summed E-state index contributed by atoms with van der Waals surface area (Å²) in [5.74, 6) is 1.27. The predicted molar refractivity (Wildman–Crippen MR) is 164 cm³/mol. The maximum Gasteiger partial charge on any atom is 0.243 e. The Balaban J connectivity index is 1.32. The van der Waals surface area contributed by atoms with Gasteiger partial charge in [-0.15, -0.1) is 0 Å². The van der Waals surface area contributed by atoms with Crippen molar-refractivity contribution < 1.29 is 9.53 Å². The van der Waals surface area contributed by atoms with E-state index in [1.807, 2.05) is 30.3 Å². The van der Waals surface area contributed by atoms with Crippen LogP contribution in [0.3, 0.4) is 0 Å². The first kappa shape index (κ1) is 28.3. The van der Waals surface area contributed by atoms with Crippen LogP contribution < -0.4 is 20.7 Å². The fraction of sp³-hybridized carbons (Fsp3) is 0.344. The minimum absolute atomic E-state index is 0.104. The molecule has 1 fully saturated rings. The summed E-state index contributed by atoms with van der Waals surface area (Å²) in [7, 11) is 2.12. The molecule has 2 aliphatic heterocycles. The number of ether oxygens (including phenoxy) is 1. The number of fused-ring (bicyclic) bond motifs is 7. The van der Waals surface area contributed by atoms with Gasteiger partial charge < -0.3 is 20.7 Å². The summed E-state index contributed by atoms with van der Waals surface area (Å²) in [6, 6.07) is 16.6. The first-order valence-corrected chi connectivity index (χ1v) is 14.2. The average molecular weight is 554 g/mol. The number of hydrogen-bond donors (Lipinski definition) is 3. The molecule has 0 saturated carbocycles. The van der Waals surface area contributed by atoms with Gasteiger partial charge in [-0.1, -0.05) is 30.9 Å². The average Bonchev–Trinajstić information content (AvgIpc) is 3.41. The Labute approximate surface area is 242 Å². The summed E-state index contributed by atoms with van der Waals surface area (Å²) < 4.78 is 5.97. The molecule has 9 nitrogen and oxygen atoms in total. The molecule has 6 bridgehead atoms. The van der Waals surface area contributed by atoms with E-state index in [9.17, 15) is 4.79 Å². The molecule has 0 spiro atoms. The Hall–Kier alpha value is -4.21. The zero-order chi connectivity index (χ0) is 28.4. The molecule has 3 N–H and O–H groups in total. The second-order valence-corrected chi connectivity index (χ2v) is 10.6. The molecule has 2 aliphatic rings. The van der Waals surface area contributed by atoms with Crippen LogP contribution in [0.25, 0.3) is 11.3 Å². The minimum Gasteiger partial charge on any atom is -0.493 e. The maximum absolute atomic E-state index is 11.6. The first-order valence-electron chi connectivity index (χ1n) is 14.2. The number of carbonyl (C=O) groups excluding carboxylic acids is 1. The highest BCUT2D eigenvalue weighted by molar-refractivity contribution is 5.87. The Morgan fingerprint density at radius 1 is 1.22 bits per heavy atom. The van der Waals surface area contributed by atoms with Crippen molar-refractivity contribution in [2.75, 3.05) is 57.0 Å². The summed E-state index contributed by atoms with van der Waals surface area (Å²) in [6.07, 6.45) is 9.29. The zero-order valence-corrected chi connectivity index (χ0v) is 23.7. The Kier molecular flexibility index (Phi) is 9.61. The number of carbonyl (C=O) groups is 1. The molecule has 2 aromatic carbocycles. The van der Waals surface area contributed by atoms with E-state index in [2.05, 4.69) is 74.7 Å². The molecular weight excluding hydrogens is 514 g/mol. The van der Waals surface area contributed by atoms with Gasteiger partial charge in [-0.05, 0) is 67.9 Å². The second kappa shape index (κ2) is 13.9. The molecule has 3 heterocycles. The van der Waals surface area contributed by atoms with Gasteiger partial charge in [0.15, 0.2) is 0 Å². The molecule has 214 valence electrons. The van der Waals surface area contributed by atoms with Crippen LogP contribution in [0.1, 0.15) is 18.4 Å². The molecule has 1 saturated heterocycles. The Morgan fingerprint density at radius 3 is 3.05 bits per heavy atom. The normalized spacial score (nSPS) is 18.7. The van der Waals surface area contributed by atoms with Crippen LogP contribution in [-0.2, 0) is 11.3 Å². The van der Waals surface area contributed by atoms with Crippen molar-refractivity contribution in [3.05, 3.63) is 85.1 Å². The number of rotatable bonds is 6. The molecule has 9 heteroatoms. The highest BCUT2D eigenvalue weighted by Crippen LogP contribution is 2.26. The lowest BCUT2D eigenvalue weighted by Gasteiger charge is -2.19. The van der Waals surface area contributed by atoms with Crippen molar-refractivity contribution >= 4 is 23.2 Å². The standard InChI is InChI=1S/C32H39N7O2/c1-3-31(40)35-26-11-15-39(23-26)16-13-33-27-18-24-19-28(21-27)36-32-34-12-10-30(37-32)25-8-7-9-29(20-25)41-17-6-4-5-14-38(2)22-24/h3-5,7-10,12,18-21,26,33H,1,6,11,13-17,22-23H2,2H3,(H,35,40)(H,34,36,37)/b5-4+. The quantitative estimate of drug-likeness (QED) is 0.305. The molecule has 41 heavy (non-hydrogen) atoms. The van der Waals surface area contributed by atoms with Gasteiger partial charge in [0.2, 0.25) is 11.9 Å². The largest absolute Gasteiger partial charge is 0.493 e. The lowest BCUT2D eigenvalue weighted by molar-refractivity contribution is -0.117. The van der Waals surface area contributed by atoms with E-state index in [-0.39, 0.29) is 11.9 Å². The molecule has 1 atom stereocenters. The molecular formula is C32H39N7O2. The van der Waals surface area contributed by atoms with Crippen molar-refractivity contribution in [2.45, 2.75) is 25.4 Å². The third kappa shape index (κ3) is 8.39. The molecule has 0 aliphatic carbocycles. The first-order chi connectivity index (χ1) is 20.0. The fourth-order valence-corrected chi connectivity index (χ4v) is 5.18. The molecule has 5 rings (SSSR count). The van der Waals surface area contributed by atoms with Gasteiger partial charge in [-0.2, -0.15) is 0 Å². The van der Waals surface area contributed by atoms with Crippen molar-refractivity contribution in [2.24, 2.45) is 0 Å². The summed E-state index contributed by atoms with van der Waals surface area (Å²) in [4.78, 5) is 25.6. The third-order valence-corrected chi connectivity index (χ3v) is 7.19. The summed E-state index contributed by atoms with van der Waals surface area (Å²) in [5.41, 5.74) is 4.97. The maximum atomic E-state index is 11.6. The van der Waals surface area contributed by atoms with Crippen LogP contribution in [0.2, 0.25) is 0 Å². The SMILES string of the molecule is C=CC(=O)NC1CCN(CCNc2cc3cc(c2)Nc2nccc(n2)-c2cccc(c2)OCC/C=C/CN(C)C3)C1. The molecule has 1 amide bonds. The van der Waals surface area contributed by atoms with Gasteiger partial charge >= 0.3 is 0 Å². The van der Waals surface area contributed by atoms with E-state index in [4.69, 9.17) is 9.72 Å². The number of hydrogen-bond acceptors (Lipinski definition) is 8. The molecule has 1 aromatic heterocycles. The number of amides is 1. The number of likely N-dealkylation sites (tertiary alicyclic amines) is 1. The minimum atomic E-state index is -0.104. The van der Waals surface area contributed by atoms with Gasteiger partial charge in [0.05, 0.1) is 12.3 Å². The highest BCUT2D eigenvalue weighted by Gasteiger charge is 2.22. The van der Waals surface area contributed by atoms with Gasteiger partial charge in [0.25, 0.3) is 0 Å². The van der Waals surface area contributed by atoms with E-state index >= 15 is 0 Å². The van der Waals surface area contributed by atoms with Gasteiger partial charge in [0, 0.05) is 68.4 Å². The van der Waals surface area contributed by atoms with Crippen LogP contribution in [0.5, 0.6) is 5.75 Å². The number of likely N-dealkylation sites (N-methyl/N-ethyl adjacent to an activating group) is 1. The van der Waals surface area contributed by atoms with Crippen molar-refractivity contribution in [3.63, 3.8) is 0 Å². The topological polar surface area (TPSA) is 94.7 Å².